The van der Waals surface area contributed by atoms with Crippen molar-refractivity contribution >= 4 is 33.9 Å². The molecule has 6 heterocycles. The van der Waals surface area contributed by atoms with Crippen molar-refractivity contribution in [3.05, 3.63) is 132 Å². The molecule has 10 heteroatoms. The van der Waals surface area contributed by atoms with E-state index in [1.54, 1.807) is 12.4 Å². The molecule has 10 nitrogen and oxygen atoms in total. The first kappa shape index (κ1) is 32.7. The van der Waals surface area contributed by atoms with Gasteiger partial charge in [0.05, 0.1) is 46.5 Å². The van der Waals surface area contributed by atoms with Gasteiger partial charge < -0.3 is 19.8 Å². The Morgan fingerprint density at radius 2 is 1.30 bits per heavy atom. The van der Waals surface area contributed by atoms with Crippen LogP contribution in [-0.2, 0) is 28.0 Å². The first-order chi connectivity index (χ1) is 25.9. The normalized spacial score (nSPS) is 18.7. The van der Waals surface area contributed by atoms with E-state index < -0.39 is 5.54 Å². The van der Waals surface area contributed by atoms with Gasteiger partial charge in [-0.15, -0.1) is 0 Å². The number of carbonyl (C=O) groups excluding carboxylic acids is 2. The Hall–Kier alpha value is -6.16. The van der Waals surface area contributed by atoms with E-state index in [4.69, 9.17) is 9.97 Å². The van der Waals surface area contributed by atoms with Crippen molar-refractivity contribution in [2.45, 2.75) is 57.0 Å². The molecular formula is C43H40N8O2. The third-order valence-electron chi connectivity index (χ3n) is 11.0. The van der Waals surface area contributed by atoms with Gasteiger partial charge in [0.2, 0.25) is 11.8 Å². The first-order valence-electron chi connectivity index (χ1n) is 18.4. The Morgan fingerprint density at radius 1 is 0.698 bits per heavy atom. The van der Waals surface area contributed by atoms with Crippen LogP contribution in [0, 0.1) is 0 Å². The maximum absolute atomic E-state index is 13.4. The molecule has 7 aromatic rings. The van der Waals surface area contributed by atoms with Gasteiger partial charge in [0.15, 0.2) is 0 Å². The molecule has 0 radical (unpaired) electrons. The maximum Gasteiger partial charge on any atom is 0.229 e. The summed E-state index contributed by atoms with van der Waals surface area (Å²) in [4.78, 5) is 56.3. The second-order valence-electron chi connectivity index (χ2n) is 14.4. The Balaban J connectivity index is 0.914. The Labute approximate surface area is 307 Å². The molecular weight excluding hydrogens is 661 g/mol. The number of amides is 2. The molecule has 4 aromatic heterocycles. The van der Waals surface area contributed by atoms with E-state index in [2.05, 4.69) is 87.5 Å². The molecule has 9 rings (SSSR count). The summed E-state index contributed by atoms with van der Waals surface area (Å²) >= 11 is 0. The van der Waals surface area contributed by atoms with Gasteiger partial charge >= 0.3 is 0 Å². The predicted octanol–water partition coefficient (Wildman–Crippen LogP) is 7.55. The predicted molar refractivity (Wildman–Crippen MR) is 204 cm³/mol. The Kier molecular flexibility index (Phi) is 8.29. The van der Waals surface area contributed by atoms with Gasteiger partial charge in [-0.05, 0) is 103 Å². The van der Waals surface area contributed by atoms with Crippen molar-refractivity contribution in [2.24, 2.45) is 0 Å². The summed E-state index contributed by atoms with van der Waals surface area (Å²) in [7, 11) is 0. The number of imidazole rings is 2. The number of aromatic nitrogens is 6. The maximum atomic E-state index is 13.4. The summed E-state index contributed by atoms with van der Waals surface area (Å²) in [5.41, 5.74) is 9.14. The summed E-state index contributed by atoms with van der Waals surface area (Å²) in [5, 5.41) is 0. The number of benzene rings is 3. The number of H-pyrrole nitrogens is 2. The molecule has 2 aliphatic heterocycles. The monoisotopic (exact) mass is 700 g/mol. The van der Waals surface area contributed by atoms with E-state index in [-0.39, 0.29) is 24.3 Å². The SMILES string of the molecule is C[C@]1(c2nc3ccc(-c4ccc(-c5ccc6nc([C@@H]7CCCN7C(=O)Cc7ccccn7)[nH]c6c5)cc4)cc3[nH]2)CCCN1C(=O)Cc1ccccn1. The van der Waals surface area contributed by atoms with Crippen LogP contribution in [0.5, 0.6) is 0 Å². The summed E-state index contributed by atoms with van der Waals surface area (Å²) in [5.74, 6) is 1.81. The van der Waals surface area contributed by atoms with E-state index >= 15 is 0 Å². The van der Waals surface area contributed by atoms with Gasteiger partial charge in [-0.2, -0.15) is 0 Å². The lowest BCUT2D eigenvalue weighted by Gasteiger charge is -2.33. The molecule has 2 saturated heterocycles. The van der Waals surface area contributed by atoms with E-state index in [0.29, 0.717) is 13.0 Å². The molecule has 2 aliphatic rings. The fourth-order valence-electron chi connectivity index (χ4n) is 8.14. The minimum atomic E-state index is -0.503. The summed E-state index contributed by atoms with van der Waals surface area (Å²) < 4.78 is 0. The second kappa shape index (κ2) is 13.4. The highest BCUT2D eigenvalue weighted by molar-refractivity contribution is 5.85. The average molecular weight is 701 g/mol. The zero-order valence-corrected chi connectivity index (χ0v) is 29.6. The topological polar surface area (TPSA) is 124 Å². The molecule has 2 fully saturated rings. The van der Waals surface area contributed by atoms with Crippen molar-refractivity contribution in [1.82, 2.24) is 39.7 Å². The Morgan fingerprint density at radius 3 is 1.94 bits per heavy atom. The molecule has 0 spiro atoms. The van der Waals surface area contributed by atoms with Gasteiger partial charge in [-0.25, -0.2) is 9.97 Å². The van der Waals surface area contributed by atoms with Gasteiger partial charge in [-0.1, -0.05) is 48.5 Å². The first-order valence-corrected chi connectivity index (χ1v) is 18.4. The Bertz CT molecular complexity index is 2440. The second-order valence-corrected chi connectivity index (χ2v) is 14.4. The molecule has 264 valence electrons. The fraction of sp³-hybridized carbons (Fsp3) is 0.256. The van der Waals surface area contributed by atoms with Crippen LogP contribution in [0.1, 0.15) is 61.7 Å². The number of aromatic amines is 2. The third-order valence-corrected chi connectivity index (χ3v) is 11.0. The summed E-state index contributed by atoms with van der Waals surface area (Å²) in [6.07, 6.45) is 7.66. The molecule has 0 bridgehead atoms. The van der Waals surface area contributed by atoms with E-state index in [0.717, 1.165) is 99.6 Å². The van der Waals surface area contributed by atoms with E-state index in [9.17, 15) is 9.59 Å². The number of hydrogen-bond donors (Lipinski definition) is 2. The van der Waals surface area contributed by atoms with Crippen LogP contribution < -0.4 is 0 Å². The van der Waals surface area contributed by atoms with Crippen LogP contribution in [0.2, 0.25) is 0 Å². The van der Waals surface area contributed by atoms with Crippen LogP contribution in [0.15, 0.2) is 109 Å². The highest BCUT2D eigenvalue weighted by atomic mass is 16.2. The zero-order chi connectivity index (χ0) is 35.9. The van der Waals surface area contributed by atoms with Gasteiger partial charge in [-0.3, -0.25) is 19.6 Å². The summed E-state index contributed by atoms with van der Waals surface area (Å²) in [6, 6.07) is 32.5. The number of pyridine rings is 2. The van der Waals surface area contributed by atoms with Crippen LogP contribution in [0.25, 0.3) is 44.3 Å². The number of nitrogens with zero attached hydrogens (tertiary/aromatic N) is 6. The average Bonchev–Trinajstić information content (AvgIpc) is 4.01. The number of nitrogens with one attached hydrogen (secondary N) is 2. The smallest absolute Gasteiger partial charge is 0.229 e. The van der Waals surface area contributed by atoms with Crippen LogP contribution in [0.3, 0.4) is 0 Å². The van der Waals surface area contributed by atoms with Crippen molar-refractivity contribution < 1.29 is 9.59 Å². The van der Waals surface area contributed by atoms with Crippen molar-refractivity contribution in [3.8, 4) is 22.3 Å². The standard InChI is InChI=1S/C43H40N8O2/c1-43(19-7-23-51(43)40(53)27-33-9-3-5-21-45-33)42-48-35-18-16-31(25-37(35)49-42)29-13-11-28(12-14-29)30-15-17-34-36(24-30)47-41(46-34)38-10-6-22-50(38)39(52)26-32-8-2-4-20-44-32/h2-5,8-9,11-18,20-21,24-25,38H,6-7,10,19,22-23,26-27H2,1H3,(H,46,47)(H,48,49)/t38-,43+/m0/s1. The molecule has 0 aliphatic carbocycles. The molecule has 2 atom stereocenters. The quantitative estimate of drug-likeness (QED) is 0.169. The minimum absolute atomic E-state index is 0.0655. The highest BCUT2D eigenvalue weighted by Gasteiger charge is 2.43. The number of likely N-dealkylation sites (tertiary alicyclic amines) is 2. The molecule has 2 N–H and O–H groups in total. The molecule has 3 aromatic carbocycles. The lowest BCUT2D eigenvalue weighted by atomic mass is 9.97. The molecule has 0 saturated carbocycles. The number of hydrogen-bond acceptors (Lipinski definition) is 6. The number of carbonyl (C=O) groups is 2. The third kappa shape index (κ3) is 6.24. The van der Waals surface area contributed by atoms with E-state index in [1.165, 1.54) is 0 Å². The molecule has 53 heavy (non-hydrogen) atoms. The minimum Gasteiger partial charge on any atom is -0.340 e. The van der Waals surface area contributed by atoms with E-state index in [1.807, 2.05) is 46.2 Å². The fourth-order valence-corrected chi connectivity index (χ4v) is 8.14. The van der Waals surface area contributed by atoms with Gasteiger partial charge in [0.25, 0.3) is 0 Å². The number of fused-ring (bicyclic) bond motifs is 2. The largest absolute Gasteiger partial charge is 0.340 e. The van der Waals surface area contributed by atoms with Crippen LogP contribution in [-0.4, -0.2) is 64.6 Å². The summed E-state index contributed by atoms with van der Waals surface area (Å²) in [6.45, 7) is 3.55. The van der Waals surface area contributed by atoms with Crippen LogP contribution >= 0.6 is 0 Å². The highest BCUT2D eigenvalue weighted by Crippen LogP contribution is 2.39. The lowest BCUT2D eigenvalue weighted by molar-refractivity contribution is -0.135. The zero-order valence-electron chi connectivity index (χ0n) is 29.6. The van der Waals surface area contributed by atoms with Crippen molar-refractivity contribution in [1.29, 1.82) is 0 Å². The van der Waals surface area contributed by atoms with Gasteiger partial charge in [0, 0.05) is 36.9 Å². The lowest BCUT2D eigenvalue weighted by Crippen LogP contribution is -2.44. The van der Waals surface area contributed by atoms with Crippen LogP contribution in [0.4, 0.5) is 0 Å². The van der Waals surface area contributed by atoms with Gasteiger partial charge in [0.1, 0.15) is 11.6 Å². The molecule has 0 unspecified atom stereocenters. The van der Waals surface area contributed by atoms with Crippen molar-refractivity contribution in [2.75, 3.05) is 13.1 Å². The molecule has 2 amide bonds. The number of rotatable bonds is 8. The van der Waals surface area contributed by atoms with Crippen molar-refractivity contribution in [3.63, 3.8) is 0 Å².